The standard InChI is InChI=1S/C14H22N2O/c1-9-4-5-12(8-10(9)2)14(16-15)13-6-7-17-11(13)3/h4-5,8,11,13-14,16H,6-7,15H2,1-3H3. The highest BCUT2D eigenvalue weighted by molar-refractivity contribution is 5.32. The molecule has 0 spiro atoms. The van der Waals surface area contributed by atoms with Gasteiger partial charge in [0.1, 0.15) is 0 Å². The lowest BCUT2D eigenvalue weighted by Gasteiger charge is -2.26. The van der Waals surface area contributed by atoms with Crippen molar-refractivity contribution in [2.45, 2.75) is 39.3 Å². The Hall–Kier alpha value is -0.900. The van der Waals surface area contributed by atoms with Crippen LogP contribution in [0, 0.1) is 19.8 Å². The van der Waals surface area contributed by atoms with Crippen LogP contribution in [0.3, 0.4) is 0 Å². The molecule has 3 nitrogen and oxygen atoms in total. The second-order valence-electron chi connectivity index (χ2n) is 5.02. The lowest BCUT2D eigenvalue weighted by Crippen LogP contribution is -2.36. The van der Waals surface area contributed by atoms with Crippen LogP contribution in [0.25, 0.3) is 0 Å². The Bertz CT molecular complexity index is 392. The Balaban J connectivity index is 2.25. The Kier molecular flexibility index (Phi) is 3.82. The molecule has 1 aromatic carbocycles. The Labute approximate surface area is 103 Å². The van der Waals surface area contributed by atoms with E-state index in [2.05, 4.69) is 44.4 Å². The van der Waals surface area contributed by atoms with Gasteiger partial charge in [-0.3, -0.25) is 11.3 Å². The predicted molar refractivity (Wildman–Crippen MR) is 69.5 cm³/mol. The first-order chi connectivity index (χ1) is 8.13. The summed E-state index contributed by atoms with van der Waals surface area (Å²) >= 11 is 0. The number of hydrazine groups is 1. The van der Waals surface area contributed by atoms with Crippen LogP contribution in [0.5, 0.6) is 0 Å². The quantitative estimate of drug-likeness (QED) is 0.623. The molecular weight excluding hydrogens is 212 g/mol. The van der Waals surface area contributed by atoms with Crippen LogP contribution in [-0.2, 0) is 4.74 Å². The number of rotatable bonds is 3. The van der Waals surface area contributed by atoms with Crippen molar-refractivity contribution in [3.63, 3.8) is 0 Å². The number of hydrogen-bond donors (Lipinski definition) is 2. The lowest BCUT2D eigenvalue weighted by atomic mass is 9.87. The van der Waals surface area contributed by atoms with Crippen LogP contribution in [0.1, 0.15) is 36.1 Å². The van der Waals surface area contributed by atoms with E-state index in [9.17, 15) is 0 Å². The number of hydrogen-bond acceptors (Lipinski definition) is 3. The van der Waals surface area contributed by atoms with Gasteiger partial charge in [-0.1, -0.05) is 18.2 Å². The van der Waals surface area contributed by atoms with Gasteiger partial charge in [-0.15, -0.1) is 0 Å². The Morgan fingerprint density at radius 2 is 2.12 bits per heavy atom. The molecule has 0 aromatic heterocycles. The van der Waals surface area contributed by atoms with Crippen LogP contribution < -0.4 is 11.3 Å². The molecule has 0 aliphatic carbocycles. The van der Waals surface area contributed by atoms with Crippen molar-refractivity contribution in [3.8, 4) is 0 Å². The van der Waals surface area contributed by atoms with Gasteiger partial charge in [0, 0.05) is 12.5 Å². The van der Waals surface area contributed by atoms with E-state index in [1.165, 1.54) is 16.7 Å². The predicted octanol–water partition coefficient (Wildman–Crippen LogP) is 2.23. The van der Waals surface area contributed by atoms with Crippen molar-refractivity contribution in [2.75, 3.05) is 6.61 Å². The SMILES string of the molecule is Cc1ccc(C(NN)C2CCOC2C)cc1C. The largest absolute Gasteiger partial charge is 0.378 e. The van der Waals surface area contributed by atoms with Crippen LogP contribution >= 0.6 is 0 Å². The third kappa shape index (κ3) is 2.51. The molecule has 3 heteroatoms. The van der Waals surface area contributed by atoms with E-state index in [0.29, 0.717) is 5.92 Å². The first kappa shape index (κ1) is 12.6. The van der Waals surface area contributed by atoms with Crippen LogP contribution in [0.4, 0.5) is 0 Å². The monoisotopic (exact) mass is 234 g/mol. The third-order valence-corrected chi connectivity index (χ3v) is 3.93. The van der Waals surface area contributed by atoms with E-state index in [4.69, 9.17) is 10.6 Å². The van der Waals surface area contributed by atoms with Gasteiger partial charge in [0.05, 0.1) is 12.1 Å². The molecule has 1 aromatic rings. The fraction of sp³-hybridized carbons (Fsp3) is 0.571. The summed E-state index contributed by atoms with van der Waals surface area (Å²) in [4.78, 5) is 0. The molecular formula is C14H22N2O. The fourth-order valence-electron chi connectivity index (χ4n) is 2.61. The first-order valence-corrected chi connectivity index (χ1v) is 6.28. The zero-order chi connectivity index (χ0) is 12.4. The molecule has 17 heavy (non-hydrogen) atoms. The molecule has 0 radical (unpaired) electrons. The zero-order valence-corrected chi connectivity index (χ0v) is 10.9. The van der Waals surface area contributed by atoms with Gasteiger partial charge >= 0.3 is 0 Å². The maximum Gasteiger partial charge on any atom is 0.0594 e. The number of nitrogens with one attached hydrogen (secondary N) is 1. The van der Waals surface area contributed by atoms with Gasteiger partial charge in [0.15, 0.2) is 0 Å². The van der Waals surface area contributed by atoms with Gasteiger partial charge in [-0.2, -0.15) is 0 Å². The molecule has 1 aliphatic heterocycles. The zero-order valence-electron chi connectivity index (χ0n) is 10.9. The first-order valence-electron chi connectivity index (χ1n) is 6.28. The van der Waals surface area contributed by atoms with E-state index in [1.54, 1.807) is 0 Å². The Morgan fingerprint density at radius 3 is 2.65 bits per heavy atom. The molecule has 3 atom stereocenters. The third-order valence-electron chi connectivity index (χ3n) is 3.93. The summed E-state index contributed by atoms with van der Waals surface area (Å²) in [6.45, 7) is 7.24. The summed E-state index contributed by atoms with van der Waals surface area (Å²) < 4.78 is 5.63. The van der Waals surface area contributed by atoms with E-state index >= 15 is 0 Å². The van der Waals surface area contributed by atoms with Gasteiger partial charge in [0.2, 0.25) is 0 Å². The van der Waals surface area contributed by atoms with Crippen molar-refractivity contribution in [3.05, 3.63) is 34.9 Å². The molecule has 0 bridgehead atoms. The second-order valence-corrected chi connectivity index (χ2v) is 5.02. The lowest BCUT2D eigenvalue weighted by molar-refractivity contribution is 0.0954. The smallest absolute Gasteiger partial charge is 0.0594 e. The highest BCUT2D eigenvalue weighted by Gasteiger charge is 2.32. The summed E-state index contributed by atoms with van der Waals surface area (Å²) in [5.41, 5.74) is 6.85. The maximum atomic E-state index is 5.73. The molecule has 94 valence electrons. The van der Waals surface area contributed by atoms with Crippen LogP contribution in [0.2, 0.25) is 0 Å². The molecule has 3 N–H and O–H groups in total. The minimum absolute atomic E-state index is 0.187. The summed E-state index contributed by atoms with van der Waals surface area (Å²) in [5.74, 6) is 6.19. The summed E-state index contributed by atoms with van der Waals surface area (Å²) in [7, 11) is 0. The molecule has 0 saturated carbocycles. The van der Waals surface area contributed by atoms with Gasteiger partial charge < -0.3 is 4.74 Å². The van der Waals surface area contributed by atoms with Gasteiger partial charge in [-0.25, -0.2) is 0 Å². The Morgan fingerprint density at radius 1 is 1.35 bits per heavy atom. The average Bonchev–Trinajstić information content (AvgIpc) is 2.71. The second kappa shape index (κ2) is 5.17. The highest BCUT2D eigenvalue weighted by atomic mass is 16.5. The van der Waals surface area contributed by atoms with Crippen LogP contribution in [-0.4, -0.2) is 12.7 Å². The van der Waals surface area contributed by atoms with E-state index in [1.807, 2.05) is 0 Å². The number of aryl methyl sites for hydroxylation is 2. The van der Waals surface area contributed by atoms with E-state index in [-0.39, 0.29) is 12.1 Å². The van der Waals surface area contributed by atoms with Crippen molar-refractivity contribution >= 4 is 0 Å². The van der Waals surface area contributed by atoms with Crippen molar-refractivity contribution in [1.29, 1.82) is 0 Å². The molecule has 0 amide bonds. The minimum atomic E-state index is 0.187. The summed E-state index contributed by atoms with van der Waals surface area (Å²) in [6, 6.07) is 6.74. The number of benzene rings is 1. The van der Waals surface area contributed by atoms with Crippen molar-refractivity contribution in [1.82, 2.24) is 5.43 Å². The topological polar surface area (TPSA) is 47.3 Å². The highest BCUT2D eigenvalue weighted by Crippen LogP contribution is 2.33. The molecule has 1 saturated heterocycles. The molecule has 1 aliphatic rings. The van der Waals surface area contributed by atoms with E-state index in [0.717, 1.165) is 13.0 Å². The number of ether oxygens (including phenoxy) is 1. The van der Waals surface area contributed by atoms with E-state index < -0.39 is 0 Å². The van der Waals surface area contributed by atoms with Gasteiger partial charge in [-0.05, 0) is 43.9 Å². The average molecular weight is 234 g/mol. The molecule has 1 fully saturated rings. The van der Waals surface area contributed by atoms with Crippen molar-refractivity contribution < 1.29 is 4.74 Å². The van der Waals surface area contributed by atoms with Crippen LogP contribution in [0.15, 0.2) is 18.2 Å². The fourth-order valence-corrected chi connectivity index (χ4v) is 2.61. The molecule has 3 unspecified atom stereocenters. The summed E-state index contributed by atoms with van der Waals surface area (Å²) in [5, 5.41) is 0. The molecule has 1 heterocycles. The van der Waals surface area contributed by atoms with Gasteiger partial charge in [0.25, 0.3) is 0 Å². The normalized spacial score (nSPS) is 26.1. The maximum absolute atomic E-state index is 5.73. The van der Waals surface area contributed by atoms with Crippen molar-refractivity contribution in [2.24, 2.45) is 11.8 Å². The molecule has 2 rings (SSSR count). The minimum Gasteiger partial charge on any atom is -0.378 e. The number of nitrogens with two attached hydrogens (primary N) is 1. The summed E-state index contributed by atoms with van der Waals surface area (Å²) in [6.07, 6.45) is 1.35.